The van der Waals surface area contributed by atoms with Gasteiger partial charge in [0.05, 0.1) is 11.3 Å². The molecule has 10 nitrogen and oxygen atoms in total. The van der Waals surface area contributed by atoms with E-state index in [1.807, 2.05) is 0 Å². The van der Waals surface area contributed by atoms with Crippen molar-refractivity contribution in [2.24, 2.45) is 5.92 Å². The number of hydrogen-bond acceptors (Lipinski definition) is 7. The van der Waals surface area contributed by atoms with E-state index in [2.05, 4.69) is 25.9 Å². The van der Waals surface area contributed by atoms with Crippen molar-refractivity contribution in [2.45, 2.75) is 35.6 Å². The number of rotatable bonds is 4. The molecular formula is C21H21N5O5S. The van der Waals surface area contributed by atoms with Crippen LogP contribution >= 0.6 is 11.8 Å². The van der Waals surface area contributed by atoms with Gasteiger partial charge >= 0.3 is 0 Å². The SMILES string of the molecule is CNC(=O)C1CCC2Sc3nc(C(=O)NCc4ccc5c(c4)NC(=O)CO5)[nH]c(=O)c3C21. The molecule has 166 valence electrons. The fourth-order valence-corrected chi connectivity index (χ4v) is 6.08. The standard InChI is InChI=1S/C21H21N5O5S/c1-22-18(28)10-3-5-13-15(10)16-19(29)25-17(26-21(16)32-13)20(30)23-7-9-2-4-12-11(6-9)24-14(27)8-31-12/h2,4,6,10,13,15H,3,5,7-8H2,1H3,(H,22,28)(H,23,30)(H,24,27)(H,25,26,29). The van der Waals surface area contributed by atoms with Gasteiger partial charge < -0.3 is 25.7 Å². The highest BCUT2D eigenvalue weighted by molar-refractivity contribution is 8.00. The van der Waals surface area contributed by atoms with Gasteiger partial charge in [0.2, 0.25) is 5.91 Å². The van der Waals surface area contributed by atoms with Gasteiger partial charge in [-0.2, -0.15) is 0 Å². The molecular weight excluding hydrogens is 434 g/mol. The van der Waals surface area contributed by atoms with E-state index in [9.17, 15) is 19.2 Å². The lowest BCUT2D eigenvalue weighted by Crippen LogP contribution is -2.33. The van der Waals surface area contributed by atoms with Gasteiger partial charge in [0.15, 0.2) is 12.4 Å². The second kappa shape index (κ2) is 7.97. The Kier molecular flexibility index (Phi) is 5.12. The average molecular weight is 455 g/mol. The van der Waals surface area contributed by atoms with Crippen LogP contribution in [0.4, 0.5) is 5.69 Å². The van der Waals surface area contributed by atoms with Gasteiger partial charge in [-0.3, -0.25) is 19.2 Å². The lowest BCUT2D eigenvalue weighted by molar-refractivity contribution is -0.124. The molecule has 4 N–H and O–H groups in total. The highest BCUT2D eigenvalue weighted by Gasteiger charge is 2.48. The Morgan fingerprint density at radius 3 is 2.94 bits per heavy atom. The van der Waals surface area contributed by atoms with Crippen LogP contribution in [0.2, 0.25) is 0 Å². The average Bonchev–Trinajstić information content (AvgIpc) is 3.35. The highest BCUT2D eigenvalue weighted by atomic mass is 32.2. The number of anilines is 1. The van der Waals surface area contributed by atoms with E-state index in [0.717, 1.165) is 18.4 Å². The van der Waals surface area contributed by atoms with Crippen LogP contribution in [0.1, 0.15) is 40.5 Å². The molecule has 1 fully saturated rings. The Balaban J connectivity index is 1.32. The number of hydrogen-bond donors (Lipinski definition) is 4. The smallest absolute Gasteiger partial charge is 0.287 e. The maximum atomic E-state index is 12.8. The van der Waals surface area contributed by atoms with Crippen LogP contribution < -0.4 is 26.2 Å². The quantitative estimate of drug-likeness (QED) is 0.498. The number of H-pyrrole nitrogens is 1. The van der Waals surface area contributed by atoms with Crippen LogP contribution in [0.5, 0.6) is 5.75 Å². The summed E-state index contributed by atoms with van der Waals surface area (Å²) in [6.07, 6.45) is 1.55. The zero-order valence-electron chi connectivity index (χ0n) is 17.2. The Morgan fingerprint density at radius 2 is 2.12 bits per heavy atom. The van der Waals surface area contributed by atoms with Gasteiger partial charge in [0, 0.05) is 30.7 Å². The fraction of sp³-hybridized carbons (Fsp3) is 0.381. The topological polar surface area (TPSA) is 142 Å². The van der Waals surface area contributed by atoms with E-state index in [1.54, 1.807) is 25.2 Å². The lowest BCUT2D eigenvalue weighted by atomic mass is 9.90. The first-order valence-electron chi connectivity index (χ1n) is 10.3. The number of amides is 3. The number of carbonyl (C=O) groups excluding carboxylic acids is 3. The third kappa shape index (κ3) is 3.52. The molecule has 2 aromatic rings. The first-order chi connectivity index (χ1) is 15.4. The summed E-state index contributed by atoms with van der Waals surface area (Å²) in [5, 5.41) is 8.78. The zero-order valence-corrected chi connectivity index (χ0v) is 18.0. The normalized spacial score (nSPS) is 22.8. The number of aromatic nitrogens is 2. The van der Waals surface area contributed by atoms with Crippen LogP contribution in [0.3, 0.4) is 0 Å². The van der Waals surface area contributed by atoms with Gasteiger partial charge in [-0.1, -0.05) is 6.07 Å². The first-order valence-corrected chi connectivity index (χ1v) is 11.2. The number of benzene rings is 1. The molecule has 5 rings (SSSR count). The highest BCUT2D eigenvalue weighted by Crippen LogP contribution is 2.54. The maximum Gasteiger partial charge on any atom is 0.287 e. The minimum Gasteiger partial charge on any atom is -0.482 e. The van der Waals surface area contributed by atoms with Crippen molar-refractivity contribution in [1.29, 1.82) is 0 Å². The van der Waals surface area contributed by atoms with Crippen LogP contribution in [0.15, 0.2) is 28.0 Å². The second-order valence-corrected chi connectivity index (χ2v) is 9.19. The van der Waals surface area contributed by atoms with Crippen molar-refractivity contribution in [3.63, 3.8) is 0 Å². The first kappa shape index (κ1) is 20.6. The van der Waals surface area contributed by atoms with Gasteiger partial charge in [0.1, 0.15) is 10.8 Å². The van der Waals surface area contributed by atoms with Gasteiger partial charge in [-0.15, -0.1) is 11.8 Å². The van der Waals surface area contributed by atoms with Crippen LogP contribution in [-0.2, 0) is 16.1 Å². The van der Waals surface area contributed by atoms with E-state index in [-0.39, 0.29) is 53.4 Å². The molecule has 1 saturated carbocycles. The minimum absolute atomic E-state index is 0.0238. The number of nitrogens with one attached hydrogen (secondary N) is 4. The van der Waals surface area contributed by atoms with Gasteiger partial charge in [0.25, 0.3) is 17.4 Å². The number of aromatic amines is 1. The number of nitrogens with zero attached hydrogens (tertiary/aromatic N) is 1. The minimum atomic E-state index is -0.511. The summed E-state index contributed by atoms with van der Waals surface area (Å²) in [5.41, 5.74) is 1.44. The number of thioether (sulfide) groups is 1. The molecule has 0 bridgehead atoms. The predicted octanol–water partition coefficient (Wildman–Crippen LogP) is 0.745. The van der Waals surface area contributed by atoms with Crippen molar-refractivity contribution in [3.8, 4) is 5.75 Å². The Hall–Kier alpha value is -3.34. The molecule has 1 aromatic carbocycles. The lowest BCUT2D eigenvalue weighted by Gasteiger charge is -2.18. The Bertz CT molecular complexity index is 1200. The molecule has 0 saturated heterocycles. The van der Waals surface area contributed by atoms with Crippen molar-refractivity contribution < 1.29 is 19.1 Å². The Labute approximate surface area is 186 Å². The molecule has 32 heavy (non-hydrogen) atoms. The summed E-state index contributed by atoms with van der Waals surface area (Å²) < 4.78 is 5.33. The summed E-state index contributed by atoms with van der Waals surface area (Å²) in [5.74, 6) is -0.748. The molecule has 1 aromatic heterocycles. The van der Waals surface area contributed by atoms with E-state index in [1.165, 1.54) is 11.8 Å². The largest absolute Gasteiger partial charge is 0.482 e. The van der Waals surface area contributed by atoms with Crippen LogP contribution in [0, 0.1) is 5.92 Å². The van der Waals surface area contributed by atoms with Gasteiger partial charge in [-0.05, 0) is 30.5 Å². The Morgan fingerprint density at radius 1 is 1.28 bits per heavy atom. The summed E-state index contributed by atoms with van der Waals surface area (Å²) in [7, 11) is 1.60. The summed E-state index contributed by atoms with van der Waals surface area (Å²) in [6.45, 7) is 0.157. The zero-order chi connectivity index (χ0) is 22.4. The maximum absolute atomic E-state index is 12.8. The molecule has 3 amide bonds. The van der Waals surface area contributed by atoms with Crippen LogP contribution in [-0.4, -0.2) is 46.6 Å². The molecule has 2 aliphatic heterocycles. The monoisotopic (exact) mass is 455 g/mol. The van der Waals surface area contributed by atoms with Crippen LogP contribution in [0.25, 0.3) is 0 Å². The predicted molar refractivity (Wildman–Crippen MR) is 116 cm³/mol. The van der Waals surface area contributed by atoms with Gasteiger partial charge in [-0.25, -0.2) is 4.98 Å². The molecule has 3 heterocycles. The molecule has 3 unspecified atom stereocenters. The van der Waals surface area contributed by atoms with E-state index < -0.39 is 5.91 Å². The molecule has 0 spiro atoms. The number of fused-ring (bicyclic) bond motifs is 4. The van der Waals surface area contributed by atoms with Crippen molar-refractivity contribution in [3.05, 3.63) is 45.5 Å². The van der Waals surface area contributed by atoms with E-state index >= 15 is 0 Å². The molecule has 1 aliphatic carbocycles. The third-order valence-electron chi connectivity index (χ3n) is 6.04. The van der Waals surface area contributed by atoms with E-state index in [4.69, 9.17) is 4.74 Å². The van der Waals surface area contributed by atoms with Crippen molar-refractivity contribution in [1.82, 2.24) is 20.6 Å². The second-order valence-electron chi connectivity index (χ2n) is 7.96. The molecule has 0 radical (unpaired) electrons. The molecule has 3 aliphatic rings. The summed E-state index contributed by atoms with van der Waals surface area (Å²) in [4.78, 5) is 56.2. The van der Waals surface area contributed by atoms with E-state index in [0.29, 0.717) is 22.0 Å². The number of carbonyl (C=O) groups is 3. The molecule has 11 heteroatoms. The molecule has 3 atom stereocenters. The third-order valence-corrected chi connectivity index (χ3v) is 7.41. The number of ether oxygens (including phenoxy) is 1. The fourth-order valence-electron chi connectivity index (χ4n) is 4.56. The summed E-state index contributed by atoms with van der Waals surface area (Å²) >= 11 is 1.47. The van der Waals surface area contributed by atoms with Crippen molar-refractivity contribution >= 4 is 35.2 Å². The van der Waals surface area contributed by atoms with Crippen molar-refractivity contribution in [2.75, 3.05) is 19.0 Å². The summed E-state index contributed by atoms with van der Waals surface area (Å²) in [6, 6.07) is 5.23.